The number of hydrogen-bond acceptors (Lipinski definition) is 4. The second-order valence-corrected chi connectivity index (χ2v) is 6.73. The molecular weight excluding hydrogens is 272 g/mol. The molecule has 3 rings (SSSR count). The summed E-state index contributed by atoms with van der Waals surface area (Å²) in [6, 6.07) is 7.14. The zero-order valence-corrected chi connectivity index (χ0v) is 14.2. The SMILES string of the molecule is CCCN1CCC(N2CCN(c3cccc(C)n3)CC2)CC1. The molecule has 0 atom stereocenters. The molecule has 2 aliphatic rings. The van der Waals surface area contributed by atoms with Crippen LogP contribution >= 0.6 is 0 Å². The number of hydrogen-bond donors (Lipinski definition) is 0. The molecule has 0 amide bonds. The lowest BCUT2D eigenvalue weighted by molar-refractivity contribution is 0.103. The van der Waals surface area contributed by atoms with Gasteiger partial charge in [-0.2, -0.15) is 0 Å². The monoisotopic (exact) mass is 302 g/mol. The highest BCUT2D eigenvalue weighted by molar-refractivity contribution is 5.39. The van der Waals surface area contributed by atoms with Crippen molar-refractivity contribution in [1.82, 2.24) is 14.8 Å². The fourth-order valence-electron chi connectivity index (χ4n) is 3.85. The largest absolute Gasteiger partial charge is 0.354 e. The van der Waals surface area contributed by atoms with Crippen molar-refractivity contribution < 1.29 is 0 Å². The Morgan fingerprint density at radius 1 is 1.05 bits per heavy atom. The molecule has 3 heterocycles. The van der Waals surface area contributed by atoms with Crippen molar-refractivity contribution in [3.8, 4) is 0 Å². The Bertz CT molecular complexity index is 460. The first kappa shape index (κ1) is 15.8. The second kappa shape index (κ2) is 7.42. The maximum atomic E-state index is 4.67. The zero-order chi connectivity index (χ0) is 15.4. The molecule has 0 bridgehead atoms. The highest BCUT2D eigenvalue weighted by Gasteiger charge is 2.27. The van der Waals surface area contributed by atoms with Gasteiger partial charge in [0.15, 0.2) is 0 Å². The third-order valence-electron chi connectivity index (χ3n) is 5.13. The van der Waals surface area contributed by atoms with E-state index in [0.29, 0.717) is 0 Å². The standard InChI is InChI=1S/C18H30N4/c1-3-9-20-10-7-17(8-11-20)21-12-14-22(15-13-21)18-6-4-5-16(2)19-18/h4-6,17H,3,7-15H2,1-2H3. The fourth-order valence-corrected chi connectivity index (χ4v) is 3.85. The molecule has 0 saturated carbocycles. The highest BCUT2D eigenvalue weighted by atomic mass is 15.3. The third kappa shape index (κ3) is 3.79. The molecule has 0 spiro atoms. The molecule has 22 heavy (non-hydrogen) atoms. The zero-order valence-electron chi connectivity index (χ0n) is 14.2. The third-order valence-corrected chi connectivity index (χ3v) is 5.13. The molecule has 1 aromatic rings. The summed E-state index contributed by atoms with van der Waals surface area (Å²) in [4.78, 5) is 12.5. The summed E-state index contributed by atoms with van der Waals surface area (Å²) in [6.45, 7) is 12.8. The van der Waals surface area contributed by atoms with Gasteiger partial charge in [0.2, 0.25) is 0 Å². The Hall–Kier alpha value is -1.13. The maximum Gasteiger partial charge on any atom is 0.128 e. The van der Waals surface area contributed by atoms with Crippen LogP contribution in [0.4, 0.5) is 5.82 Å². The molecular formula is C18H30N4. The molecule has 0 radical (unpaired) electrons. The van der Waals surface area contributed by atoms with Crippen molar-refractivity contribution in [2.45, 2.75) is 39.2 Å². The first-order valence-electron chi connectivity index (χ1n) is 8.91. The smallest absolute Gasteiger partial charge is 0.128 e. The topological polar surface area (TPSA) is 22.6 Å². The van der Waals surface area contributed by atoms with Crippen LogP contribution in [0.25, 0.3) is 0 Å². The summed E-state index contributed by atoms with van der Waals surface area (Å²) in [5.41, 5.74) is 1.11. The van der Waals surface area contributed by atoms with E-state index in [4.69, 9.17) is 0 Å². The molecule has 2 fully saturated rings. The van der Waals surface area contributed by atoms with Gasteiger partial charge in [-0.3, -0.25) is 4.90 Å². The lowest BCUT2D eigenvalue weighted by atomic mass is 10.0. The molecule has 4 heteroatoms. The van der Waals surface area contributed by atoms with Gasteiger partial charge in [-0.25, -0.2) is 4.98 Å². The molecule has 122 valence electrons. The van der Waals surface area contributed by atoms with Gasteiger partial charge in [0, 0.05) is 37.9 Å². The minimum absolute atomic E-state index is 0.806. The van der Waals surface area contributed by atoms with Crippen LogP contribution in [0, 0.1) is 6.92 Å². The normalized spacial score (nSPS) is 22.2. The van der Waals surface area contributed by atoms with Gasteiger partial charge in [0.1, 0.15) is 5.82 Å². The van der Waals surface area contributed by atoms with Crippen molar-refractivity contribution in [1.29, 1.82) is 0 Å². The van der Waals surface area contributed by atoms with Crippen molar-refractivity contribution >= 4 is 5.82 Å². The van der Waals surface area contributed by atoms with Crippen LogP contribution in [-0.2, 0) is 0 Å². The summed E-state index contributed by atoms with van der Waals surface area (Å²) >= 11 is 0. The van der Waals surface area contributed by atoms with E-state index in [1.54, 1.807) is 0 Å². The average molecular weight is 302 g/mol. The van der Waals surface area contributed by atoms with E-state index in [1.165, 1.54) is 52.0 Å². The van der Waals surface area contributed by atoms with E-state index in [9.17, 15) is 0 Å². The molecule has 0 aliphatic carbocycles. The van der Waals surface area contributed by atoms with Crippen molar-refractivity contribution in [2.24, 2.45) is 0 Å². The quantitative estimate of drug-likeness (QED) is 0.852. The molecule has 0 unspecified atom stereocenters. The van der Waals surface area contributed by atoms with Crippen LogP contribution in [0.2, 0.25) is 0 Å². The van der Waals surface area contributed by atoms with Gasteiger partial charge in [-0.05, 0) is 58.0 Å². The van der Waals surface area contributed by atoms with E-state index in [-0.39, 0.29) is 0 Å². The number of likely N-dealkylation sites (tertiary alicyclic amines) is 1. The van der Waals surface area contributed by atoms with Crippen LogP contribution in [0.1, 0.15) is 31.9 Å². The number of aromatic nitrogens is 1. The van der Waals surface area contributed by atoms with Gasteiger partial charge in [-0.15, -0.1) is 0 Å². The summed E-state index contributed by atoms with van der Waals surface area (Å²) in [5.74, 6) is 1.15. The minimum atomic E-state index is 0.806. The molecule has 1 aromatic heterocycles. The van der Waals surface area contributed by atoms with E-state index in [2.05, 4.69) is 51.7 Å². The minimum Gasteiger partial charge on any atom is -0.354 e. The summed E-state index contributed by atoms with van der Waals surface area (Å²) in [7, 11) is 0. The second-order valence-electron chi connectivity index (χ2n) is 6.73. The molecule has 0 N–H and O–H groups in total. The Morgan fingerprint density at radius 3 is 2.41 bits per heavy atom. The number of nitrogens with zero attached hydrogens (tertiary/aromatic N) is 4. The molecule has 2 saturated heterocycles. The van der Waals surface area contributed by atoms with E-state index in [0.717, 1.165) is 30.6 Å². The predicted octanol–water partition coefficient (Wildman–Crippen LogP) is 2.39. The fraction of sp³-hybridized carbons (Fsp3) is 0.722. The van der Waals surface area contributed by atoms with Crippen LogP contribution in [0.5, 0.6) is 0 Å². The van der Waals surface area contributed by atoms with Crippen LogP contribution in [-0.4, -0.2) is 66.6 Å². The van der Waals surface area contributed by atoms with Gasteiger partial charge >= 0.3 is 0 Å². The Kier molecular flexibility index (Phi) is 5.32. The van der Waals surface area contributed by atoms with Crippen LogP contribution < -0.4 is 4.90 Å². The number of rotatable bonds is 4. The summed E-state index contributed by atoms with van der Waals surface area (Å²) in [5, 5.41) is 0. The van der Waals surface area contributed by atoms with Crippen LogP contribution in [0.3, 0.4) is 0 Å². The van der Waals surface area contributed by atoms with Gasteiger partial charge in [0.05, 0.1) is 0 Å². The van der Waals surface area contributed by atoms with Gasteiger partial charge in [-0.1, -0.05) is 13.0 Å². The van der Waals surface area contributed by atoms with Crippen molar-refractivity contribution in [3.05, 3.63) is 23.9 Å². The lowest BCUT2D eigenvalue weighted by Crippen LogP contribution is -2.53. The predicted molar refractivity (Wildman–Crippen MR) is 92.5 cm³/mol. The molecule has 2 aliphatic heterocycles. The number of piperidine rings is 1. The van der Waals surface area contributed by atoms with E-state index in [1.807, 2.05) is 0 Å². The average Bonchev–Trinajstić information content (AvgIpc) is 2.56. The maximum absolute atomic E-state index is 4.67. The van der Waals surface area contributed by atoms with Crippen LogP contribution in [0.15, 0.2) is 18.2 Å². The van der Waals surface area contributed by atoms with Gasteiger partial charge in [0.25, 0.3) is 0 Å². The molecule has 4 nitrogen and oxygen atoms in total. The summed E-state index contributed by atoms with van der Waals surface area (Å²) in [6.07, 6.45) is 3.98. The number of piperazine rings is 1. The van der Waals surface area contributed by atoms with Gasteiger partial charge < -0.3 is 9.80 Å². The Morgan fingerprint density at radius 2 is 1.77 bits per heavy atom. The first-order valence-corrected chi connectivity index (χ1v) is 8.91. The lowest BCUT2D eigenvalue weighted by Gasteiger charge is -2.43. The number of pyridine rings is 1. The Labute approximate surface area is 135 Å². The van der Waals surface area contributed by atoms with E-state index >= 15 is 0 Å². The van der Waals surface area contributed by atoms with Crippen molar-refractivity contribution in [3.63, 3.8) is 0 Å². The van der Waals surface area contributed by atoms with Crippen molar-refractivity contribution in [2.75, 3.05) is 50.7 Å². The molecule has 0 aromatic carbocycles. The first-order chi connectivity index (χ1) is 10.8. The summed E-state index contributed by atoms with van der Waals surface area (Å²) < 4.78 is 0. The number of aryl methyl sites for hydroxylation is 1. The van der Waals surface area contributed by atoms with E-state index < -0.39 is 0 Å². The highest BCUT2D eigenvalue weighted by Crippen LogP contribution is 2.20. The Balaban J connectivity index is 1.48. The number of anilines is 1.